The van der Waals surface area contributed by atoms with Gasteiger partial charge in [-0.2, -0.15) is 10.7 Å². The second kappa shape index (κ2) is 1.48. The lowest BCUT2D eigenvalue weighted by molar-refractivity contribution is 0.0700. The van der Waals surface area contributed by atoms with Crippen molar-refractivity contribution in [2.45, 2.75) is 0 Å². The van der Waals surface area contributed by atoms with E-state index in [1.165, 1.54) is 0 Å². The van der Waals surface area contributed by atoms with Crippen LogP contribution in [0.5, 0.6) is 0 Å². The summed E-state index contributed by atoms with van der Waals surface area (Å²) in [5, 5.41) is 10.5. The van der Waals surface area contributed by atoms with Crippen LogP contribution in [0, 0.1) is 0 Å². The third-order valence-electron chi connectivity index (χ3n) is 1.06. The summed E-state index contributed by atoms with van der Waals surface area (Å²) in [5.41, 5.74) is 2.64. The Bertz CT molecular complexity index is 193. The molecule has 0 aromatic carbocycles. The minimum atomic E-state index is 1.58. The maximum Gasteiger partial charge on any atom is 0.0514 e. The van der Waals surface area contributed by atoms with Gasteiger partial charge in [0.05, 0.1) is 6.20 Å². The Kier molecular flexibility index (Phi) is 0.717. The third-order valence-corrected chi connectivity index (χ3v) is 1.06. The van der Waals surface area contributed by atoms with Gasteiger partial charge >= 0.3 is 0 Å². The summed E-state index contributed by atoms with van der Waals surface area (Å²) < 4.78 is 0. The number of hydrogen-bond donors (Lipinski definition) is 1. The molecule has 0 saturated carbocycles. The van der Waals surface area contributed by atoms with Gasteiger partial charge in [0.15, 0.2) is 0 Å². The average Bonchev–Trinajstić information content (AvgIpc) is 2.33. The van der Waals surface area contributed by atoms with Crippen LogP contribution in [0.15, 0.2) is 35.0 Å². The largest absolute Gasteiger partial charge is 0.178 e. The molecule has 0 radical (unpaired) electrons. The number of nitrogens with zero attached hydrogens (tertiary/aromatic N) is 4. The van der Waals surface area contributed by atoms with Gasteiger partial charge in [0.25, 0.3) is 0 Å². The van der Waals surface area contributed by atoms with Gasteiger partial charge in [0.1, 0.15) is 0 Å². The van der Waals surface area contributed by atoms with Gasteiger partial charge in [-0.25, -0.2) is 0 Å². The molecule has 2 heterocycles. The summed E-state index contributed by atoms with van der Waals surface area (Å²) in [6, 6.07) is 0. The molecule has 0 aliphatic carbocycles. The first-order chi connectivity index (χ1) is 4.47. The van der Waals surface area contributed by atoms with Gasteiger partial charge in [0.2, 0.25) is 0 Å². The molecule has 0 amide bonds. The van der Waals surface area contributed by atoms with E-state index in [1.807, 2.05) is 18.4 Å². The van der Waals surface area contributed by atoms with Crippen LogP contribution in [0.4, 0.5) is 0 Å². The molecule has 0 unspecified atom stereocenters. The van der Waals surface area contributed by atoms with Crippen molar-refractivity contribution < 1.29 is 0 Å². The standard InChI is InChI=1S/C4H5N5/c1-2-4-9-7-5-6-8(9)3-1/h1-4H,(H,6,7). The highest BCUT2D eigenvalue weighted by atomic mass is 16.0. The Morgan fingerprint density at radius 2 is 2.11 bits per heavy atom. The summed E-state index contributed by atoms with van der Waals surface area (Å²) in [4.78, 5) is 0. The molecule has 2 rings (SSSR count). The molecule has 0 saturated heterocycles. The summed E-state index contributed by atoms with van der Waals surface area (Å²) in [7, 11) is 0. The molecular weight excluding hydrogens is 118 g/mol. The third kappa shape index (κ3) is 0.543. The average molecular weight is 123 g/mol. The lowest BCUT2D eigenvalue weighted by Gasteiger charge is -2.19. The number of hydrazine groups is 2. The fourth-order valence-corrected chi connectivity index (χ4v) is 0.662. The fraction of sp³-hybridized carbons (Fsp3) is 0. The second-order valence-corrected chi connectivity index (χ2v) is 1.64. The van der Waals surface area contributed by atoms with E-state index >= 15 is 0 Å². The molecule has 5 heteroatoms. The Hall–Kier alpha value is -1.52. The lowest BCUT2D eigenvalue weighted by Crippen LogP contribution is -2.34. The summed E-state index contributed by atoms with van der Waals surface area (Å²) in [6.45, 7) is 0. The highest BCUT2D eigenvalue weighted by Gasteiger charge is 2.12. The summed E-state index contributed by atoms with van der Waals surface area (Å²) in [6.07, 6.45) is 7.38. The maximum atomic E-state index is 3.69. The van der Waals surface area contributed by atoms with Gasteiger partial charge in [-0.15, -0.1) is 5.12 Å². The Balaban J connectivity index is 2.25. The second-order valence-electron chi connectivity index (χ2n) is 1.64. The van der Waals surface area contributed by atoms with E-state index in [0.717, 1.165) is 0 Å². The molecule has 2 aliphatic rings. The van der Waals surface area contributed by atoms with Crippen LogP contribution < -0.4 is 5.53 Å². The van der Waals surface area contributed by atoms with E-state index in [0.29, 0.717) is 0 Å². The number of fused-ring (bicyclic) bond motifs is 1. The zero-order valence-corrected chi connectivity index (χ0v) is 4.60. The van der Waals surface area contributed by atoms with Crippen molar-refractivity contribution in [2.75, 3.05) is 0 Å². The molecule has 2 aliphatic heterocycles. The van der Waals surface area contributed by atoms with Gasteiger partial charge in [-0.05, 0) is 22.6 Å². The predicted molar refractivity (Wildman–Crippen MR) is 29.9 cm³/mol. The van der Waals surface area contributed by atoms with E-state index in [1.54, 1.807) is 16.4 Å². The quantitative estimate of drug-likeness (QED) is 0.505. The van der Waals surface area contributed by atoms with Crippen molar-refractivity contribution in [3.8, 4) is 0 Å². The first-order valence-corrected chi connectivity index (χ1v) is 2.56. The first kappa shape index (κ1) is 4.37. The van der Waals surface area contributed by atoms with Gasteiger partial charge in [0, 0.05) is 6.20 Å². The van der Waals surface area contributed by atoms with Crippen LogP contribution in [0.3, 0.4) is 0 Å². The van der Waals surface area contributed by atoms with E-state index in [4.69, 9.17) is 0 Å². The van der Waals surface area contributed by atoms with Crippen molar-refractivity contribution in [1.82, 2.24) is 15.8 Å². The molecule has 5 nitrogen and oxygen atoms in total. The van der Waals surface area contributed by atoms with Crippen LogP contribution in [-0.2, 0) is 0 Å². The molecule has 46 valence electrons. The van der Waals surface area contributed by atoms with Crippen molar-refractivity contribution in [2.24, 2.45) is 10.4 Å². The molecule has 0 bridgehead atoms. The minimum absolute atomic E-state index is 1.58. The van der Waals surface area contributed by atoms with Crippen molar-refractivity contribution in [3.05, 3.63) is 24.6 Å². The summed E-state index contributed by atoms with van der Waals surface area (Å²) >= 11 is 0. The lowest BCUT2D eigenvalue weighted by atomic mass is 10.5. The number of rotatable bonds is 0. The topological polar surface area (TPSA) is 43.2 Å². The minimum Gasteiger partial charge on any atom is -0.178 e. The van der Waals surface area contributed by atoms with Crippen LogP contribution in [0.25, 0.3) is 0 Å². The molecule has 0 atom stereocenters. The van der Waals surface area contributed by atoms with Gasteiger partial charge in [-0.1, -0.05) is 0 Å². The molecular formula is C4H5N5. The SMILES string of the molecule is C1=CN2N=NNN2C=C1. The first-order valence-electron chi connectivity index (χ1n) is 2.56. The molecule has 0 aromatic heterocycles. The van der Waals surface area contributed by atoms with Gasteiger partial charge in [-0.3, -0.25) is 0 Å². The Morgan fingerprint density at radius 3 is 3.00 bits per heavy atom. The van der Waals surface area contributed by atoms with E-state index in [9.17, 15) is 0 Å². The molecule has 0 aromatic rings. The van der Waals surface area contributed by atoms with E-state index in [2.05, 4.69) is 16.0 Å². The van der Waals surface area contributed by atoms with Crippen LogP contribution in [0.1, 0.15) is 0 Å². The van der Waals surface area contributed by atoms with Crippen LogP contribution >= 0.6 is 0 Å². The zero-order valence-electron chi connectivity index (χ0n) is 4.60. The van der Waals surface area contributed by atoms with Gasteiger partial charge < -0.3 is 0 Å². The van der Waals surface area contributed by atoms with E-state index in [-0.39, 0.29) is 0 Å². The predicted octanol–water partition coefficient (Wildman–Crippen LogP) is 0.347. The van der Waals surface area contributed by atoms with Crippen molar-refractivity contribution >= 4 is 0 Å². The maximum absolute atomic E-state index is 3.69. The Labute approximate surface area is 51.8 Å². The number of nitrogens with one attached hydrogen (secondary N) is 1. The highest BCUT2D eigenvalue weighted by molar-refractivity contribution is 5.04. The normalized spacial score (nSPS) is 20.4. The van der Waals surface area contributed by atoms with Crippen LogP contribution in [0.2, 0.25) is 0 Å². The zero-order chi connectivity index (χ0) is 6.10. The summed E-state index contributed by atoms with van der Waals surface area (Å²) in [5.74, 6) is 0. The molecule has 0 fully saturated rings. The smallest absolute Gasteiger partial charge is 0.0514 e. The van der Waals surface area contributed by atoms with Crippen molar-refractivity contribution in [3.63, 3.8) is 0 Å². The molecule has 9 heavy (non-hydrogen) atoms. The molecule has 0 spiro atoms. The van der Waals surface area contributed by atoms with Crippen molar-refractivity contribution in [1.29, 1.82) is 0 Å². The number of allylic oxidation sites excluding steroid dienone is 2. The van der Waals surface area contributed by atoms with E-state index < -0.39 is 0 Å². The van der Waals surface area contributed by atoms with Crippen LogP contribution in [-0.4, -0.2) is 10.2 Å². The highest BCUT2D eigenvalue weighted by Crippen LogP contribution is 2.08. The Morgan fingerprint density at radius 1 is 1.22 bits per heavy atom. The fourth-order valence-electron chi connectivity index (χ4n) is 0.662. The number of hydrogen-bond acceptors (Lipinski definition) is 5. The molecule has 1 N–H and O–H groups in total. The monoisotopic (exact) mass is 123 g/mol.